The van der Waals surface area contributed by atoms with E-state index in [2.05, 4.69) is 0 Å². The van der Waals surface area contributed by atoms with E-state index < -0.39 is 11.9 Å². The minimum Gasteiger partial charge on any atom is -0.481 e. The molecule has 0 amide bonds. The van der Waals surface area contributed by atoms with Gasteiger partial charge in [-0.1, -0.05) is 30.7 Å². The van der Waals surface area contributed by atoms with Crippen LogP contribution in [-0.2, 0) is 18.3 Å². The molecule has 0 aliphatic heterocycles. The van der Waals surface area contributed by atoms with Crippen molar-refractivity contribution in [2.24, 2.45) is 13.0 Å². The number of benzene rings is 1. The van der Waals surface area contributed by atoms with Crippen LogP contribution in [0.25, 0.3) is 10.9 Å². The number of nitrogens with zero attached hydrogens (tertiary/aromatic N) is 1. The molecule has 1 heterocycles. The summed E-state index contributed by atoms with van der Waals surface area (Å²) in [6.07, 6.45) is 0.213. The van der Waals surface area contributed by atoms with E-state index in [9.17, 15) is 9.59 Å². The molecular formula is C14H14ClNO3. The molecule has 1 unspecified atom stereocenters. The molecule has 2 rings (SSSR count). The lowest BCUT2D eigenvalue weighted by molar-refractivity contribution is -0.141. The van der Waals surface area contributed by atoms with Crippen molar-refractivity contribution in [3.05, 3.63) is 45.2 Å². The maximum Gasteiger partial charge on any atom is 0.306 e. The predicted molar refractivity (Wildman–Crippen MR) is 74.7 cm³/mol. The normalized spacial score (nSPS) is 12.6. The Morgan fingerprint density at radius 2 is 2.16 bits per heavy atom. The minimum absolute atomic E-state index is 0.200. The molecule has 0 saturated carbocycles. The molecule has 2 aromatic rings. The van der Waals surface area contributed by atoms with Gasteiger partial charge < -0.3 is 9.67 Å². The summed E-state index contributed by atoms with van der Waals surface area (Å²) in [6.45, 7) is 1.59. The predicted octanol–water partition coefficient (Wildman–Crippen LogP) is 2.46. The maximum absolute atomic E-state index is 12.2. The summed E-state index contributed by atoms with van der Waals surface area (Å²) in [4.78, 5) is 23.1. The first-order chi connectivity index (χ1) is 8.91. The quantitative estimate of drug-likeness (QED) is 0.939. The van der Waals surface area contributed by atoms with Crippen molar-refractivity contribution in [1.82, 2.24) is 4.57 Å². The highest BCUT2D eigenvalue weighted by Crippen LogP contribution is 2.22. The molecular weight excluding hydrogens is 266 g/mol. The molecule has 5 heteroatoms. The average Bonchev–Trinajstić information content (AvgIpc) is 2.35. The largest absolute Gasteiger partial charge is 0.481 e. The summed E-state index contributed by atoms with van der Waals surface area (Å²) < 4.78 is 1.47. The maximum atomic E-state index is 12.2. The zero-order valence-electron chi connectivity index (χ0n) is 10.7. The molecule has 1 aromatic carbocycles. The lowest BCUT2D eigenvalue weighted by Gasteiger charge is -2.11. The van der Waals surface area contributed by atoms with Crippen LogP contribution in [0.4, 0.5) is 0 Å². The smallest absolute Gasteiger partial charge is 0.306 e. The third-order valence-electron chi connectivity index (χ3n) is 3.21. The highest BCUT2D eigenvalue weighted by atomic mass is 35.5. The second kappa shape index (κ2) is 5.05. The number of pyridine rings is 1. The molecule has 1 aromatic heterocycles. The van der Waals surface area contributed by atoms with Gasteiger partial charge in [0.1, 0.15) is 0 Å². The molecule has 0 fully saturated rings. The third kappa shape index (κ3) is 2.49. The van der Waals surface area contributed by atoms with Crippen molar-refractivity contribution >= 4 is 28.5 Å². The number of carbonyl (C=O) groups is 1. The van der Waals surface area contributed by atoms with Crippen LogP contribution in [0, 0.1) is 5.92 Å². The highest BCUT2D eigenvalue weighted by Gasteiger charge is 2.16. The summed E-state index contributed by atoms with van der Waals surface area (Å²) in [5, 5.41) is 10.3. The summed E-state index contributed by atoms with van der Waals surface area (Å²) in [5.41, 5.74) is 0.960. The van der Waals surface area contributed by atoms with Crippen LogP contribution in [-0.4, -0.2) is 15.6 Å². The zero-order chi connectivity index (χ0) is 14.2. The van der Waals surface area contributed by atoms with Gasteiger partial charge in [0, 0.05) is 18.0 Å². The molecule has 0 aliphatic rings. The first-order valence-corrected chi connectivity index (χ1v) is 6.29. The van der Waals surface area contributed by atoms with Gasteiger partial charge in [0.2, 0.25) is 0 Å². The average molecular weight is 280 g/mol. The van der Waals surface area contributed by atoms with Gasteiger partial charge in [0.25, 0.3) is 5.56 Å². The number of aromatic nitrogens is 1. The van der Waals surface area contributed by atoms with Crippen molar-refractivity contribution in [1.29, 1.82) is 0 Å². The number of hydrogen-bond acceptors (Lipinski definition) is 2. The van der Waals surface area contributed by atoms with Crippen LogP contribution in [0.2, 0.25) is 5.02 Å². The van der Waals surface area contributed by atoms with E-state index in [1.54, 1.807) is 32.2 Å². The number of carboxylic acids is 1. The molecule has 4 nitrogen and oxygen atoms in total. The lowest BCUT2D eigenvalue weighted by atomic mass is 10.0. The van der Waals surface area contributed by atoms with Crippen LogP contribution >= 0.6 is 11.6 Å². The molecule has 0 saturated heterocycles. The van der Waals surface area contributed by atoms with E-state index in [1.807, 2.05) is 6.07 Å². The van der Waals surface area contributed by atoms with Crippen molar-refractivity contribution < 1.29 is 9.90 Å². The van der Waals surface area contributed by atoms with Crippen molar-refractivity contribution in [3.63, 3.8) is 0 Å². The Balaban J connectivity index is 2.62. The molecule has 1 N–H and O–H groups in total. The fourth-order valence-electron chi connectivity index (χ4n) is 2.13. The Kier molecular flexibility index (Phi) is 3.62. The number of aryl methyl sites for hydroxylation is 1. The van der Waals surface area contributed by atoms with Crippen molar-refractivity contribution in [3.8, 4) is 0 Å². The van der Waals surface area contributed by atoms with Gasteiger partial charge in [0.15, 0.2) is 0 Å². The minimum atomic E-state index is -0.909. The van der Waals surface area contributed by atoms with Gasteiger partial charge in [-0.15, -0.1) is 0 Å². The van der Waals surface area contributed by atoms with E-state index in [1.165, 1.54) is 4.57 Å². The zero-order valence-corrected chi connectivity index (χ0v) is 11.4. The lowest BCUT2D eigenvalue weighted by Crippen LogP contribution is -2.24. The SMILES string of the molecule is CC(Cc1cc2cccc(Cl)c2n(C)c1=O)C(=O)O. The van der Waals surface area contributed by atoms with Gasteiger partial charge in [-0.3, -0.25) is 9.59 Å². The van der Waals surface area contributed by atoms with Crippen molar-refractivity contribution in [2.45, 2.75) is 13.3 Å². The molecule has 100 valence electrons. The Bertz CT molecular complexity index is 706. The van der Waals surface area contributed by atoms with Crippen LogP contribution < -0.4 is 5.56 Å². The Morgan fingerprint density at radius 1 is 1.47 bits per heavy atom. The molecule has 0 spiro atoms. The van der Waals surface area contributed by atoms with E-state index in [0.29, 0.717) is 16.1 Å². The summed E-state index contributed by atoms with van der Waals surface area (Å²) in [5.74, 6) is -1.50. The van der Waals surface area contributed by atoms with Crippen LogP contribution in [0.15, 0.2) is 29.1 Å². The first kappa shape index (κ1) is 13.6. The highest BCUT2D eigenvalue weighted by molar-refractivity contribution is 6.35. The Morgan fingerprint density at radius 3 is 2.79 bits per heavy atom. The molecule has 0 radical (unpaired) electrons. The second-order valence-electron chi connectivity index (χ2n) is 4.65. The van der Waals surface area contributed by atoms with E-state index in [-0.39, 0.29) is 12.0 Å². The van der Waals surface area contributed by atoms with Crippen LogP contribution in [0.3, 0.4) is 0 Å². The fourth-order valence-corrected chi connectivity index (χ4v) is 2.44. The third-order valence-corrected chi connectivity index (χ3v) is 3.52. The first-order valence-electron chi connectivity index (χ1n) is 5.91. The summed E-state index contributed by atoms with van der Waals surface area (Å²) in [7, 11) is 1.64. The molecule has 0 aliphatic carbocycles. The number of halogens is 1. The molecule has 19 heavy (non-hydrogen) atoms. The monoisotopic (exact) mass is 279 g/mol. The molecule has 0 bridgehead atoms. The van der Waals surface area contributed by atoms with Crippen LogP contribution in [0.1, 0.15) is 12.5 Å². The standard InChI is InChI=1S/C14H14ClNO3/c1-8(14(18)19)6-10-7-9-4-3-5-11(15)12(9)16(2)13(10)17/h3-5,7-8H,6H2,1-2H3,(H,18,19). The summed E-state index contributed by atoms with van der Waals surface area (Å²) >= 11 is 6.09. The topological polar surface area (TPSA) is 59.3 Å². The van der Waals surface area contributed by atoms with Gasteiger partial charge >= 0.3 is 5.97 Å². The molecule has 1 atom stereocenters. The number of rotatable bonds is 3. The van der Waals surface area contributed by atoms with E-state index in [4.69, 9.17) is 16.7 Å². The van der Waals surface area contributed by atoms with Crippen LogP contribution in [0.5, 0.6) is 0 Å². The fraction of sp³-hybridized carbons (Fsp3) is 0.286. The van der Waals surface area contributed by atoms with Gasteiger partial charge in [-0.05, 0) is 18.6 Å². The number of carboxylic acid groups (broad SMARTS) is 1. The number of hydrogen-bond donors (Lipinski definition) is 1. The van der Waals surface area contributed by atoms with Crippen molar-refractivity contribution in [2.75, 3.05) is 0 Å². The second-order valence-corrected chi connectivity index (χ2v) is 5.06. The summed E-state index contributed by atoms with van der Waals surface area (Å²) in [6, 6.07) is 7.11. The number of fused-ring (bicyclic) bond motifs is 1. The van der Waals surface area contributed by atoms with E-state index in [0.717, 1.165) is 5.39 Å². The van der Waals surface area contributed by atoms with E-state index >= 15 is 0 Å². The van der Waals surface area contributed by atoms with Gasteiger partial charge in [-0.25, -0.2) is 0 Å². The van der Waals surface area contributed by atoms with Gasteiger partial charge in [0.05, 0.1) is 16.5 Å². The van der Waals surface area contributed by atoms with Gasteiger partial charge in [-0.2, -0.15) is 0 Å². The number of para-hydroxylation sites is 1. The number of aliphatic carboxylic acids is 1. The Hall–Kier alpha value is -1.81. The Labute approximate surface area is 115 Å².